The molecule has 0 radical (unpaired) electrons. The second-order valence-corrected chi connectivity index (χ2v) is 4.91. The largest absolute Gasteiger partial charge is 0.484 e. The fourth-order valence-corrected chi connectivity index (χ4v) is 1.90. The van der Waals surface area contributed by atoms with Crippen LogP contribution in [-0.2, 0) is 9.53 Å². The van der Waals surface area contributed by atoms with Crippen molar-refractivity contribution in [2.24, 2.45) is 0 Å². The number of aliphatic hydroxyl groups is 1. The first kappa shape index (κ1) is 13.8. The van der Waals surface area contributed by atoms with E-state index in [0.717, 1.165) is 5.56 Å². The first-order valence-electron chi connectivity index (χ1n) is 6.34. The normalized spacial score (nSPS) is 22.2. The number of rotatable bonds is 5. The predicted molar refractivity (Wildman–Crippen MR) is 70.1 cm³/mol. The molecular weight excluding hydrogens is 246 g/mol. The first-order valence-corrected chi connectivity index (χ1v) is 6.34. The summed E-state index contributed by atoms with van der Waals surface area (Å²) in [6.07, 6.45) is 0.548. The molecule has 2 N–H and O–H groups in total. The number of aryl methyl sites for hydroxylation is 1. The third kappa shape index (κ3) is 4.22. The number of ether oxygens (including phenoxy) is 2. The molecule has 104 valence electrons. The molecule has 0 aromatic heterocycles. The summed E-state index contributed by atoms with van der Waals surface area (Å²) in [4.78, 5) is 11.6. The van der Waals surface area contributed by atoms with Gasteiger partial charge in [0.2, 0.25) is 0 Å². The highest BCUT2D eigenvalue weighted by atomic mass is 16.5. The molecule has 19 heavy (non-hydrogen) atoms. The minimum atomic E-state index is -0.932. The molecule has 1 unspecified atom stereocenters. The zero-order valence-electron chi connectivity index (χ0n) is 11.0. The van der Waals surface area contributed by atoms with Crippen LogP contribution in [0.1, 0.15) is 12.0 Å². The maximum Gasteiger partial charge on any atom is 0.258 e. The molecule has 1 atom stereocenters. The van der Waals surface area contributed by atoms with Crippen LogP contribution in [0.2, 0.25) is 0 Å². The van der Waals surface area contributed by atoms with E-state index >= 15 is 0 Å². The molecule has 0 saturated carbocycles. The first-order chi connectivity index (χ1) is 9.07. The number of hydrogen-bond acceptors (Lipinski definition) is 4. The van der Waals surface area contributed by atoms with Gasteiger partial charge in [-0.1, -0.05) is 12.1 Å². The Bertz CT molecular complexity index is 441. The molecule has 1 amide bonds. The molecule has 1 saturated heterocycles. The maximum atomic E-state index is 11.6. The van der Waals surface area contributed by atoms with Gasteiger partial charge < -0.3 is 19.9 Å². The lowest BCUT2D eigenvalue weighted by Crippen LogP contribution is -2.44. The molecule has 5 nitrogen and oxygen atoms in total. The Labute approximate surface area is 112 Å². The summed E-state index contributed by atoms with van der Waals surface area (Å²) in [6, 6.07) is 7.51. The molecule has 0 aliphatic carbocycles. The highest BCUT2D eigenvalue weighted by Crippen LogP contribution is 2.17. The fraction of sp³-hybridized carbons (Fsp3) is 0.500. The van der Waals surface area contributed by atoms with Crippen molar-refractivity contribution in [3.05, 3.63) is 29.8 Å². The van der Waals surface area contributed by atoms with Gasteiger partial charge in [0.25, 0.3) is 5.91 Å². The number of nitrogens with one attached hydrogen (secondary N) is 1. The van der Waals surface area contributed by atoms with Gasteiger partial charge in [0.05, 0.1) is 6.61 Å². The van der Waals surface area contributed by atoms with E-state index in [2.05, 4.69) is 5.32 Å². The van der Waals surface area contributed by atoms with Crippen molar-refractivity contribution in [1.29, 1.82) is 0 Å². The van der Waals surface area contributed by atoms with E-state index in [9.17, 15) is 9.90 Å². The monoisotopic (exact) mass is 265 g/mol. The lowest BCUT2D eigenvalue weighted by Gasteiger charge is -2.20. The summed E-state index contributed by atoms with van der Waals surface area (Å²) in [7, 11) is 0. The highest BCUT2D eigenvalue weighted by Gasteiger charge is 2.32. The third-order valence-electron chi connectivity index (χ3n) is 3.06. The molecule has 1 aliphatic heterocycles. The van der Waals surface area contributed by atoms with Crippen molar-refractivity contribution >= 4 is 5.91 Å². The van der Waals surface area contributed by atoms with E-state index in [1.807, 2.05) is 25.1 Å². The Hall–Kier alpha value is -1.59. The Morgan fingerprint density at radius 2 is 2.42 bits per heavy atom. The van der Waals surface area contributed by atoms with Gasteiger partial charge >= 0.3 is 0 Å². The second kappa shape index (κ2) is 6.04. The number of amides is 1. The Morgan fingerprint density at radius 3 is 3.11 bits per heavy atom. The number of benzene rings is 1. The summed E-state index contributed by atoms with van der Waals surface area (Å²) < 4.78 is 10.5. The third-order valence-corrected chi connectivity index (χ3v) is 3.06. The van der Waals surface area contributed by atoms with Gasteiger partial charge in [-0.25, -0.2) is 0 Å². The van der Waals surface area contributed by atoms with Crippen molar-refractivity contribution in [3.8, 4) is 5.75 Å². The zero-order chi connectivity index (χ0) is 13.7. The molecule has 0 bridgehead atoms. The number of hydrogen-bond donors (Lipinski definition) is 2. The number of carbonyl (C=O) groups is 1. The van der Waals surface area contributed by atoms with Crippen LogP contribution in [-0.4, -0.2) is 43.0 Å². The van der Waals surface area contributed by atoms with E-state index in [1.165, 1.54) is 0 Å². The van der Waals surface area contributed by atoms with Crippen LogP contribution in [0, 0.1) is 6.92 Å². The van der Waals surface area contributed by atoms with Crippen molar-refractivity contribution in [1.82, 2.24) is 5.32 Å². The second-order valence-electron chi connectivity index (χ2n) is 4.91. The van der Waals surface area contributed by atoms with Crippen molar-refractivity contribution in [2.45, 2.75) is 18.9 Å². The van der Waals surface area contributed by atoms with Crippen LogP contribution in [0.15, 0.2) is 24.3 Å². The minimum absolute atomic E-state index is 0.0552. The summed E-state index contributed by atoms with van der Waals surface area (Å²) in [6.45, 7) is 2.91. The van der Waals surface area contributed by atoms with Gasteiger partial charge in [0, 0.05) is 19.6 Å². The summed E-state index contributed by atoms with van der Waals surface area (Å²) >= 11 is 0. The molecule has 1 aromatic rings. The molecule has 1 heterocycles. The van der Waals surface area contributed by atoms with E-state index in [0.29, 0.717) is 18.8 Å². The molecule has 1 aromatic carbocycles. The minimum Gasteiger partial charge on any atom is -0.484 e. The highest BCUT2D eigenvalue weighted by molar-refractivity contribution is 5.77. The molecule has 5 heteroatoms. The quantitative estimate of drug-likeness (QED) is 0.820. The smallest absolute Gasteiger partial charge is 0.258 e. The zero-order valence-corrected chi connectivity index (χ0v) is 11.0. The van der Waals surface area contributed by atoms with E-state index < -0.39 is 5.60 Å². The molecule has 2 rings (SSSR count). The summed E-state index contributed by atoms with van der Waals surface area (Å²) in [5.41, 5.74) is 0.147. The summed E-state index contributed by atoms with van der Waals surface area (Å²) in [5.74, 6) is 0.417. The molecule has 0 spiro atoms. The van der Waals surface area contributed by atoms with Crippen molar-refractivity contribution in [3.63, 3.8) is 0 Å². The van der Waals surface area contributed by atoms with Gasteiger partial charge in [-0.05, 0) is 24.6 Å². The predicted octanol–water partition coefficient (Wildman–Crippen LogP) is 0.641. The molecule has 1 aliphatic rings. The lowest BCUT2D eigenvalue weighted by atomic mass is 10.0. The van der Waals surface area contributed by atoms with Gasteiger partial charge in [0.1, 0.15) is 11.4 Å². The fourth-order valence-electron chi connectivity index (χ4n) is 1.90. The number of carbonyl (C=O) groups excluding carboxylic acids is 1. The van der Waals surface area contributed by atoms with Crippen molar-refractivity contribution < 1.29 is 19.4 Å². The van der Waals surface area contributed by atoms with Crippen LogP contribution >= 0.6 is 0 Å². The van der Waals surface area contributed by atoms with Crippen LogP contribution in [0.25, 0.3) is 0 Å². The van der Waals surface area contributed by atoms with Gasteiger partial charge in [0.15, 0.2) is 6.61 Å². The van der Waals surface area contributed by atoms with Crippen molar-refractivity contribution in [2.75, 3.05) is 26.4 Å². The maximum absolute atomic E-state index is 11.6. The van der Waals surface area contributed by atoms with E-state index in [-0.39, 0.29) is 25.7 Å². The summed E-state index contributed by atoms with van der Waals surface area (Å²) in [5, 5.41) is 12.6. The van der Waals surface area contributed by atoms with Gasteiger partial charge in [-0.2, -0.15) is 0 Å². The van der Waals surface area contributed by atoms with Crippen LogP contribution in [0.3, 0.4) is 0 Å². The Kier molecular flexibility index (Phi) is 4.39. The SMILES string of the molecule is Cc1cccc(OCC(=O)NCC2(O)CCOC2)c1. The van der Waals surface area contributed by atoms with E-state index in [4.69, 9.17) is 9.47 Å². The topological polar surface area (TPSA) is 67.8 Å². The average molecular weight is 265 g/mol. The standard InChI is InChI=1S/C14H19NO4/c1-11-3-2-4-12(7-11)19-8-13(16)15-9-14(17)5-6-18-10-14/h2-4,7,17H,5-6,8-10H2,1H3,(H,15,16). The van der Waals surface area contributed by atoms with E-state index in [1.54, 1.807) is 6.07 Å². The van der Waals surface area contributed by atoms with Gasteiger partial charge in [-0.3, -0.25) is 4.79 Å². The molecular formula is C14H19NO4. The Morgan fingerprint density at radius 1 is 1.58 bits per heavy atom. The average Bonchev–Trinajstić information content (AvgIpc) is 2.82. The van der Waals surface area contributed by atoms with Gasteiger partial charge in [-0.15, -0.1) is 0 Å². The Balaban J connectivity index is 1.73. The van der Waals surface area contributed by atoms with Crippen LogP contribution < -0.4 is 10.1 Å². The molecule has 1 fully saturated rings. The lowest BCUT2D eigenvalue weighted by molar-refractivity contribution is -0.124. The van der Waals surface area contributed by atoms with Crippen LogP contribution in [0.4, 0.5) is 0 Å². The van der Waals surface area contributed by atoms with Crippen LogP contribution in [0.5, 0.6) is 5.75 Å².